The van der Waals surface area contributed by atoms with E-state index < -0.39 is 6.04 Å². The molecule has 6 heteroatoms. The summed E-state index contributed by atoms with van der Waals surface area (Å²) < 4.78 is 10.9. The molecule has 31 heavy (non-hydrogen) atoms. The topological polar surface area (TPSA) is 67.9 Å². The molecule has 0 heterocycles. The van der Waals surface area contributed by atoms with E-state index in [2.05, 4.69) is 19.2 Å². The van der Waals surface area contributed by atoms with Gasteiger partial charge < -0.3 is 19.7 Å². The number of rotatable bonds is 11. The Bertz CT molecular complexity index is 832. The summed E-state index contributed by atoms with van der Waals surface area (Å²) in [5, 5.41) is 2.87. The van der Waals surface area contributed by atoms with Gasteiger partial charge >= 0.3 is 0 Å². The van der Waals surface area contributed by atoms with Crippen molar-refractivity contribution in [1.82, 2.24) is 10.2 Å². The normalized spacial score (nSPS) is 11.7. The second kappa shape index (κ2) is 12.0. The van der Waals surface area contributed by atoms with Gasteiger partial charge in [-0.05, 0) is 54.7 Å². The fraction of sp³-hybridized carbons (Fsp3) is 0.440. The lowest BCUT2D eigenvalue weighted by Crippen LogP contribution is -2.49. The summed E-state index contributed by atoms with van der Waals surface area (Å²) in [6.07, 6.45) is 0.834. The van der Waals surface area contributed by atoms with Gasteiger partial charge in [-0.15, -0.1) is 0 Å². The second-order valence-electron chi connectivity index (χ2n) is 7.85. The van der Waals surface area contributed by atoms with E-state index in [1.54, 1.807) is 18.9 Å². The number of hydrogen-bond donors (Lipinski definition) is 1. The zero-order valence-corrected chi connectivity index (χ0v) is 19.2. The van der Waals surface area contributed by atoms with E-state index in [4.69, 9.17) is 9.47 Å². The molecule has 168 valence electrons. The minimum atomic E-state index is -0.618. The van der Waals surface area contributed by atoms with Crippen LogP contribution in [-0.4, -0.2) is 43.0 Å². The van der Waals surface area contributed by atoms with Gasteiger partial charge in [0.2, 0.25) is 5.91 Å². The molecule has 0 aliphatic carbocycles. The molecular weight excluding hydrogens is 392 g/mol. The van der Waals surface area contributed by atoms with Crippen LogP contribution in [0.3, 0.4) is 0 Å². The molecule has 0 bridgehead atoms. The molecule has 0 saturated carbocycles. The average Bonchev–Trinajstić information content (AvgIpc) is 2.79. The fourth-order valence-corrected chi connectivity index (χ4v) is 3.08. The molecule has 0 aliphatic heterocycles. The molecule has 0 spiro atoms. The number of methoxy groups -OCH3 is 1. The first-order valence-electron chi connectivity index (χ1n) is 10.8. The molecule has 1 unspecified atom stereocenters. The highest BCUT2D eigenvalue weighted by molar-refractivity contribution is 5.87. The number of benzene rings is 2. The molecule has 0 fully saturated rings. The molecule has 0 aromatic heterocycles. The van der Waals surface area contributed by atoms with Crippen molar-refractivity contribution in [2.24, 2.45) is 0 Å². The van der Waals surface area contributed by atoms with Crippen molar-refractivity contribution >= 4 is 11.8 Å². The predicted octanol–water partition coefficient (Wildman–Crippen LogP) is 4.14. The Morgan fingerprint density at radius 2 is 1.58 bits per heavy atom. The standard InChI is InChI=1S/C25H34N2O4/c1-6-15-26-25(29)19(4)27(16-20-7-11-22(30-5)12-8-20)24(28)17-31-23-13-9-21(10-14-23)18(2)3/h7-14,18-19H,6,15-17H2,1-5H3,(H,26,29). The van der Waals surface area contributed by atoms with E-state index in [1.807, 2.05) is 55.5 Å². The first-order valence-corrected chi connectivity index (χ1v) is 10.8. The minimum absolute atomic E-state index is 0.136. The van der Waals surface area contributed by atoms with Crippen molar-refractivity contribution in [2.75, 3.05) is 20.3 Å². The van der Waals surface area contributed by atoms with E-state index in [1.165, 1.54) is 5.56 Å². The van der Waals surface area contributed by atoms with Gasteiger partial charge in [-0.3, -0.25) is 9.59 Å². The summed E-state index contributed by atoms with van der Waals surface area (Å²) in [5.74, 6) is 1.37. The second-order valence-corrected chi connectivity index (χ2v) is 7.85. The summed E-state index contributed by atoms with van der Waals surface area (Å²) in [7, 11) is 1.61. The van der Waals surface area contributed by atoms with Gasteiger partial charge in [-0.25, -0.2) is 0 Å². The highest BCUT2D eigenvalue weighted by atomic mass is 16.5. The van der Waals surface area contributed by atoms with E-state index >= 15 is 0 Å². The summed E-state index contributed by atoms with van der Waals surface area (Å²) in [6, 6.07) is 14.6. The van der Waals surface area contributed by atoms with Crippen LogP contribution in [0, 0.1) is 0 Å². The lowest BCUT2D eigenvalue weighted by atomic mass is 10.0. The average molecular weight is 427 g/mol. The SMILES string of the molecule is CCCNC(=O)C(C)N(Cc1ccc(OC)cc1)C(=O)COc1ccc(C(C)C)cc1. The fourth-order valence-electron chi connectivity index (χ4n) is 3.08. The monoisotopic (exact) mass is 426 g/mol. The zero-order chi connectivity index (χ0) is 22.8. The molecule has 0 saturated heterocycles. The quantitative estimate of drug-likeness (QED) is 0.586. The smallest absolute Gasteiger partial charge is 0.261 e. The van der Waals surface area contributed by atoms with E-state index in [-0.39, 0.29) is 18.4 Å². The molecule has 2 rings (SSSR count). The number of hydrogen-bond acceptors (Lipinski definition) is 4. The number of nitrogens with one attached hydrogen (secondary N) is 1. The molecule has 2 aromatic rings. The Labute approximate surface area is 185 Å². The van der Waals surface area contributed by atoms with Crippen LogP contribution in [-0.2, 0) is 16.1 Å². The largest absolute Gasteiger partial charge is 0.497 e. The van der Waals surface area contributed by atoms with Crippen molar-refractivity contribution < 1.29 is 19.1 Å². The zero-order valence-electron chi connectivity index (χ0n) is 19.2. The Hall–Kier alpha value is -3.02. The van der Waals surface area contributed by atoms with Gasteiger partial charge in [0.25, 0.3) is 5.91 Å². The maximum Gasteiger partial charge on any atom is 0.261 e. The van der Waals surface area contributed by atoms with Crippen molar-refractivity contribution in [3.63, 3.8) is 0 Å². The molecule has 1 N–H and O–H groups in total. The Morgan fingerprint density at radius 1 is 0.968 bits per heavy atom. The number of carbonyl (C=O) groups excluding carboxylic acids is 2. The molecule has 0 radical (unpaired) electrons. The summed E-state index contributed by atoms with van der Waals surface area (Å²) in [5.41, 5.74) is 2.12. The van der Waals surface area contributed by atoms with Crippen molar-refractivity contribution in [2.45, 2.75) is 52.6 Å². The Kier molecular flexibility index (Phi) is 9.38. The summed E-state index contributed by atoms with van der Waals surface area (Å²) >= 11 is 0. The number of carbonyl (C=O) groups is 2. The Morgan fingerprint density at radius 3 is 2.13 bits per heavy atom. The van der Waals surface area contributed by atoms with Crippen molar-refractivity contribution in [3.8, 4) is 11.5 Å². The van der Waals surface area contributed by atoms with E-state index in [9.17, 15) is 9.59 Å². The number of nitrogens with zero attached hydrogens (tertiary/aromatic N) is 1. The van der Waals surface area contributed by atoms with Crippen LogP contribution in [0.1, 0.15) is 51.2 Å². The van der Waals surface area contributed by atoms with Crippen LogP contribution in [0.5, 0.6) is 11.5 Å². The maximum atomic E-state index is 13.0. The first-order chi connectivity index (χ1) is 14.8. The first kappa shape index (κ1) is 24.3. The van der Waals surface area contributed by atoms with Crippen LogP contribution in [0.2, 0.25) is 0 Å². The van der Waals surface area contributed by atoms with Gasteiger partial charge in [-0.2, -0.15) is 0 Å². The lowest BCUT2D eigenvalue weighted by molar-refractivity contribution is -0.142. The minimum Gasteiger partial charge on any atom is -0.497 e. The van der Waals surface area contributed by atoms with Gasteiger partial charge in [0, 0.05) is 13.1 Å². The third-order valence-electron chi connectivity index (χ3n) is 5.14. The van der Waals surface area contributed by atoms with Gasteiger partial charge in [0.1, 0.15) is 17.5 Å². The van der Waals surface area contributed by atoms with E-state index in [0.29, 0.717) is 24.8 Å². The van der Waals surface area contributed by atoms with Gasteiger partial charge in [0.15, 0.2) is 6.61 Å². The molecule has 6 nitrogen and oxygen atoms in total. The predicted molar refractivity (Wildman–Crippen MR) is 122 cm³/mol. The third kappa shape index (κ3) is 7.31. The maximum absolute atomic E-state index is 13.0. The summed E-state index contributed by atoms with van der Waals surface area (Å²) in [4.78, 5) is 27.1. The van der Waals surface area contributed by atoms with E-state index in [0.717, 1.165) is 17.7 Å². The highest BCUT2D eigenvalue weighted by Crippen LogP contribution is 2.19. The molecule has 1 atom stereocenters. The van der Waals surface area contributed by atoms with Crippen LogP contribution in [0.25, 0.3) is 0 Å². The summed E-state index contributed by atoms with van der Waals surface area (Å²) in [6.45, 7) is 8.73. The lowest BCUT2D eigenvalue weighted by Gasteiger charge is -2.28. The van der Waals surface area contributed by atoms with Crippen LogP contribution >= 0.6 is 0 Å². The van der Waals surface area contributed by atoms with Crippen LogP contribution in [0.4, 0.5) is 0 Å². The van der Waals surface area contributed by atoms with Crippen LogP contribution in [0.15, 0.2) is 48.5 Å². The third-order valence-corrected chi connectivity index (χ3v) is 5.14. The molecule has 0 aliphatic rings. The Balaban J connectivity index is 2.11. The molecule has 2 aromatic carbocycles. The molecular formula is C25H34N2O4. The highest BCUT2D eigenvalue weighted by Gasteiger charge is 2.26. The van der Waals surface area contributed by atoms with Crippen molar-refractivity contribution in [3.05, 3.63) is 59.7 Å². The van der Waals surface area contributed by atoms with Crippen molar-refractivity contribution in [1.29, 1.82) is 0 Å². The van der Waals surface area contributed by atoms with Crippen LogP contribution < -0.4 is 14.8 Å². The molecule has 2 amide bonds. The number of amides is 2. The number of ether oxygens (including phenoxy) is 2. The van der Waals surface area contributed by atoms with Gasteiger partial charge in [-0.1, -0.05) is 45.0 Å². The van der Waals surface area contributed by atoms with Gasteiger partial charge in [0.05, 0.1) is 7.11 Å².